The largest absolute Gasteiger partial charge is 0.350 e. The maximum absolute atomic E-state index is 13.0. The first-order valence-electron chi connectivity index (χ1n) is 5.47. The number of rotatable bonds is 4. The normalized spacial score (nSPS) is 10.8. The smallest absolute Gasteiger partial charge is 0.159 e. The molecule has 0 saturated heterocycles. The van der Waals surface area contributed by atoms with Gasteiger partial charge in [0, 0.05) is 18.9 Å². The Morgan fingerprint density at radius 3 is 2.59 bits per heavy atom. The van der Waals surface area contributed by atoms with E-state index in [1.165, 1.54) is 6.07 Å². The summed E-state index contributed by atoms with van der Waals surface area (Å²) in [4.78, 5) is 0. The molecule has 0 aliphatic heterocycles. The van der Waals surface area contributed by atoms with E-state index in [9.17, 15) is 8.78 Å². The van der Waals surface area contributed by atoms with Crippen LogP contribution >= 0.6 is 0 Å². The summed E-state index contributed by atoms with van der Waals surface area (Å²) < 4.78 is 27.7. The van der Waals surface area contributed by atoms with E-state index >= 15 is 0 Å². The first-order valence-corrected chi connectivity index (χ1v) is 5.47. The van der Waals surface area contributed by atoms with E-state index in [0.717, 1.165) is 23.6 Å². The Morgan fingerprint density at radius 1 is 1.06 bits per heavy atom. The third-order valence-electron chi connectivity index (χ3n) is 2.59. The van der Waals surface area contributed by atoms with Crippen molar-refractivity contribution in [2.45, 2.75) is 13.0 Å². The number of hydrogen-bond donors (Lipinski definition) is 1. The summed E-state index contributed by atoms with van der Waals surface area (Å²) >= 11 is 0. The molecule has 2 aromatic rings. The van der Waals surface area contributed by atoms with Crippen molar-refractivity contribution >= 4 is 0 Å². The second kappa shape index (κ2) is 5.10. The number of halogens is 2. The fraction of sp³-hybridized carbons (Fsp3) is 0.231. The molecule has 0 atom stereocenters. The topological polar surface area (TPSA) is 30.9 Å². The molecule has 0 amide bonds. The summed E-state index contributed by atoms with van der Waals surface area (Å²) in [5.74, 6) is -1.62. The first kappa shape index (κ1) is 11.8. The highest BCUT2D eigenvalue weighted by molar-refractivity contribution is 5.19. The van der Waals surface area contributed by atoms with Crippen LogP contribution in [0.2, 0.25) is 0 Å². The van der Waals surface area contributed by atoms with Crippen LogP contribution in [-0.2, 0) is 13.0 Å². The van der Waals surface area contributed by atoms with Gasteiger partial charge in [-0.1, -0.05) is 6.07 Å². The van der Waals surface area contributed by atoms with Crippen molar-refractivity contribution in [3.8, 4) is 0 Å². The van der Waals surface area contributed by atoms with Gasteiger partial charge in [0.1, 0.15) is 0 Å². The van der Waals surface area contributed by atoms with Crippen LogP contribution in [0.1, 0.15) is 11.1 Å². The van der Waals surface area contributed by atoms with E-state index in [1.54, 1.807) is 6.07 Å². The highest BCUT2D eigenvalue weighted by Gasteiger charge is 2.03. The molecule has 2 N–H and O–H groups in total. The average molecular weight is 236 g/mol. The predicted octanol–water partition coefficient (Wildman–Crippen LogP) is 2.32. The summed E-state index contributed by atoms with van der Waals surface area (Å²) in [5, 5.41) is 0. The van der Waals surface area contributed by atoms with Gasteiger partial charge in [-0.2, -0.15) is 0 Å². The molecule has 1 heterocycles. The van der Waals surface area contributed by atoms with Gasteiger partial charge in [0.15, 0.2) is 11.6 Å². The van der Waals surface area contributed by atoms with Crippen molar-refractivity contribution in [1.29, 1.82) is 0 Å². The zero-order valence-electron chi connectivity index (χ0n) is 9.37. The van der Waals surface area contributed by atoms with E-state index < -0.39 is 11.6 Å². The molecule has 0 spiro atoms. The Morgan fingerprint density at radius 2 is 1.88 bits per heavy atom. The molecule has 0 radical (unpaired) electrons. The second-order valence-electron chi connectivity index (χ2n) is 3.98. The van der Waals surface area contributed by atoms with Crippen molar-refractivity contribution in [2.24, 2.45) is 5.73 Å². The molecule has 0 aliphatic rings. The van der Waals surface area contributed by atoms with E-state index in [1.807, 2.05) is 23.0 Å². The summed E-state index contributed by atoms with van der Waals surface area (Å²) in [6, 6.07) is 5.93. The van der Waals surface area contributed by atoms with Crippen LogP contribution in [0.5, 0.6) is 0 Å². The number of nitrogens with zero attached hydrogens (tertiary/aromatic N) is 1. The van der Waals surface area contributed by atoms with Crippen LogP contribution in [0, 0.1) is 11.6 Å². The Balaban J connectivity index is 2.11. The number of benzene rings is 1. The van der Waals surface area contributed by atoms with Crippen LogP contribution in [0.4, 0.5) is 8.78 Å². The number of aromatic nitrogens is 1. The molecule has 0 unspecified atom stereocenters. The molecule has 0 fully saturated rings. The van der Waals surface area contributed by atoms with Gasteiger partial charge in [0.2, 0.25) is 0 Å². The minimum Gasteiger partial charge on any atom is -0.350 e. The SMILES string of the molecule is NCCc1ccn(Cc2ccc(F)c(F)c2)c1. The van der Waals surface area contributed by atoms with Gasteiger partial charge in [-0.3, -0.25) is 0 Å². The van der Waals surface area contributed by atoms with Crippen molar-refractivity contribution in [3.05, 3.63) is 59.4 Å². The predicted molar refractivity (Wildman–Crippen MR) is 62.7 cm³/mol. The van der Waals surface area contributed by atoms with E-state index in [4.69, 9.17) is 5.73 Å². The van der Waals surface area contributed by atoms with Gasteiger partial charge in [0.25, 0.3) is 0 Å². The molecule has 2 nitrogen and oxygen atoms in total. The van der Waals surface area contributed by atoms with Crippen LogP contribution < -0.4 is 5.73 Å². The van der Waals surface area contributed by atoms with E-state index in [-0.39, 0.29) is 0 Å². The van der Waals surface area contributed by atoms with Crippen molar-refractivity contribution in [1.82, 2.24) is 4.57 Å². The second-order valence-corrected chi connectivity index (χ2v) is 3.98. The molecular weight excluding hydrogens is 222 g/mol. The fourth-order valence-corrected chi connectivity index (χ4v) is 1.75. The third kappa shape index (κ3) is 2.91. The molecule has 1 aromatic heterocycles. The van der Waals surface area contributed by atoms with Crippen LogP contribution in [0.25, 0.3) is 0 Å². The summed E-state index contributed by atoms with van der Waals surface area (Å²) in [6.07, 6.45) is 4.70. The highest BCUT2D eigenvalue weighted by Crippen LogP contribution is 2.11. The molecule has 0 saturated carbocycles. The van der Waals surface area contributed by atoms with E-state index in [0.29, 0.717) is 13.1 Å². The lowest BCUT2D eigenvalue weighted by molar-refractivity contribution is 0.506. The molecule has 0 aliphatic carbocycles. The van der Waals surface area contributed by atoms with Crippen molar-refractivity contribution in [3.63, 3.8) is 0 Å². The molecule has 0 bridgehead atoms. The number of nitrogens with two attached hydrogens (primary N) is 1. The molecule has 17 heavy (non-hydrogen) atoms. The van der Waals surface area contributed by atoms with Crippen LogP contribution in [0.3, 0.4) is 0 Å². The lowest BCUT2D eigenvalue weighted by atomic mass is 10.2. The van der Waals surface area contributed by atoms with Crippen molar-refractivity contribution < 1.29 is 8.78 Å². The lowest BCUT2D eigenvalue weighted by Gasteiger charge is -2.03. The molecule has 4 heteroatoms. The van der Waals surface area contributed by atoms with Gasteiger partial charge < -0.3 is 10.3 Å². The zero-order valence-corrected chi connectivity index (χ0v) is 9.37. The lowest BCUT2D eigenvalue weighted by Crippen LogP contribution is -2.02. The highest BCUT2D eigenvalue weighted by atomic mass is 19.2. The molecule has 90 valence electrons. The zero-order chi connectivity index (χ0) is 12.3. The Bertz CT molecular complexity index is 506. The van der Waals surface area contributed by atoms with Gasteiger partial charge in [0.05, 0.1) is 0 Å². The summed E-state index contributed by atoms with van der Waals surface area (Å²) in [6.45, 7) is 1.14. The minimum atomic E-state index is -0.815. The average Bonchev–Trinajstić information content (AvgIpc) is 2.72. The minimum absolute atomic E-state index is 0.530. The van der Waals surface area contributed by atoms with Gasteiger partial charge in [-0.15, -0.1) is 0 Å². The number of hydrogen-bond acceptors (Lipinski definition) is 1. The Hall–Kier alpha value is -1.68. The maximum Gasteiger partial charge on any atom is 0.159 e. The standard InChI is InChI=1S/C13H14F2N2/c14-12-2-1-11(7-13(12)15)9-17-6-4-10(8-17)3-5-16/h1-2,4,6-8H,3,5,9,16H2. The van der Waals surface area contributed by atoms with Gasteiger partial charge in [-0.05, 0) is 42.3 Å². The fourth-order valence-electron chi connectivity index (χ4n) is 1.75. The van der Waals surface area contributed by atoms with E-state index in [2.05, 4.69) is 0 Å². The molecule has 1 aromatic carbocycles. The first-order chi connectivity index (χ1) is 8.19. The van der Waals surface area contributed by atoms with Crippen LogP contribution in [0.15, 0.2) is 36.7 Å². The summed E-state index contributed by atoms with van der Waals surface area (Å²) in [5.41, 5.74) is 7.34. The molecular formula is C13H14F2N2. The Labute approximate surface area is 98.7 Å². The van der Waals surface area contributed by atoms with Crippen LogP contribution in [-0.4, -0.2) is 11.1 Å². The summed E-state index contributed by atoms with van der Waals surface area (Å²) in [7, 11) is 0. The monoisotopic (exact) mass is 236 g/mol. The maximum atomic E-state index is 13.0. The molecule has 2 rings (SSSR count). The third-order valence-corrected chi connectivity index (χ3v) is 2.59. The van der Waals surface area contributed by atoms with Gasteiger partial charge >= 0.3 is 0 Å². The van der Waals surface area contributed by atoms with Gasteiger partial charge in [-0.25, -0.2) is 8.78 Å². The quantitative estimate of drug-likeness (QED) is 0.867. The Kier molecular flexibility index (Phi) is 3.54. The van der Waals surface area contributed by atoms with Crippen molar-refractivity contribution in [2.75, 3.05) is 6.54 Å².